The molecule has 2 aromatic carbocycles. The second-order valence-electron chi connectivity index (χ2n) is 3.58. The second kappa shape index (κ2) is 3.64. The van der Waals surface area contributed by atoms with E-state index in [9.17, 15) is 5.11 Å². The average molecular weight is 310 g/mol. The Morgan fingerprint density at radius 3 is 1.80 bits per heavy atom. The first kappa shape index (κ1) is 9.42. The molecule has 1 aliphatic rings. The van der Waals surface area contributed by atoms with E-state index in [0.717, 1.165) is 11.1 Å². The summed E-state index contributed by atoms with van der Waals surface area (Å²) in [6, 6.07) is 16.5. The molecule has 0 aromatic heterocycles. The van der Waals surface area contributed by atoms with Crippen LogP contribution in [0.4, 0.5) is 0 Å². The normalized spacial score (nSPS) is 14.5. The van der Waals surface area contributed by atoms with Crippen molar-refractivity contribution in [1.29, 1.82) is 0 Å². The maximum absolute atomic E-state index is 10.2. The van der Waals surface area contributed by atoms with Gasteiger partial charge in [-0.15, -0.1) is 0 Å². The summed E-state index contributed by atoms with van der Waals surface area (Å²) < 4.78 is 2.74. The number of rotatable bonds is 0. The standard InChI is InChI=1S/C13H10OTe/c14-13-9-5-1-3-7-11(9)15-12-8-4-2-6-10(12)13/h1-8,13-14H. The summed E-state index contributed by atoms with van der Waals surface area (Å²) >= 11 is -0.302. The molecule has 0 bridgehead atoms. The Bertz CT molecular complexity index is 462. The Kier molecular flexibility index (Phi) is 2.29. The summed E-state index contributed by atoms with van der Waals surface area (Å²) in [6.07, 6.45) is -0.420. The van der Waals surface area contributed by atoms with E-state index >= 15 is 0 Å². The van der Waals surface area contributed by atoms with Crippen molar-refractivity contribution in [3.8, 4) is 0 Å². The van der Waals surface area contributed by atoms with Gasteiger partial charge < -0.3 is 0 Å². The first-order chi connectivity index (χ1) is 7.36. The van der Waals surface area contributed by atoms with Crippen LogP contribution >= 0.6 is 0 Å². The van der Waals surface area contributed by atoms with Gasteiger partial charge in [0.1, 0.15) is 0 Å². The van der Waals surface area contributed by atoms with Crippen LogP contribution in [0.5, 0.6) is 0 Å². The predicted octanol–water partition coefficient (Wildman–Crippen LogP) is 0.737. The molecule has 0 aliphatic carbocycles. The number of benzene rings is 2. The zero-order valence-corrected chi connectivity index (χ0v) is 10.4. The topological polar surface area (TPSA) is 20.2 Å². The van der Waals surface area contributed by atoms with Crippen LogP contribution in [0.15, 0.2) is 48.5 Å². The molecule has 74 valence electrons. The fourth-order valence-corrected chi connectivity index (χ4v) is 5.10. The van der Waals surface area contributed by atoms with E-state index in [1.54, 1.807) is 0 Å². The van der Waals surface area contributed by atoms with E-state index in [-0.39, 0.29) is 20.9 Å². The summed E-state index contributed by atoms with van der Waals surface area (Å²) in [4.78, 5) is 0. The summed E-state index contributed by atoms with van der Waals surface area (Å²) in [5, 5.41) is 10.2. The molecule has 1 N–H and O–H groups in total. The van der Waals surface area contributed by atoms with Gasteiger partial charge in [-0.05, 0) is 0 Å². The van der Waals surface area contributed by atoms with E-state index in [1.807, 2.05) is 24.3 Å². The molecule has 0 unspecified atom stereocenters. The zero-order valence-electron chi connectivity index (χ0n) is 8.05. The molecule has 1 nitrogen and oxygen atoms in total. The van der Waals surface area contributed by atoms with Crippen LogP contribution in [0.2, 0.25) is 0 Å². The van der Waals surface area contributed by atoms with Gasteiger partial charge in [0.05, 0.1) is 0 Å². The van der Waals surface area contributed by atoms with Crippen molar-refractivity contribution in [3.63, 3.8) is 0 Å². The van der Waals surface area contributed by atoms with Gasteiger partial charge >= 0.3 is 99.0 Å². The van der Waals surface area contributed by atoms with Gasteiger partial charge in [-0.2, -0.15) is 0 Å². The van der Waals surface area contributed by atoms with Crippen LogP contribution in [-0.2, 0) is 0 Å². The monoisotopic (exact) mass is 312 g/mol. The van der Waals surface area contributed by atoms with Crippen LogP contribution in [0.3, 0.4) is 0 Å². The minimum absolute atomic E-state index is 0.302. The molecule has 0 saturated heterocycles. The fourth-order valence-electron chi connectivity index (χ4n) is 1.88. The van der Waals surface area contributed by atoms with Gasteiger partial charge in [0.15, 0.2) is 0 Å². The molecular weight excluding hydrogens is 300 g/mol. The number of hydrogen-bond acceptors (Lipinski definition) is 1. The summed E-state index contributed by atoms with van der Waals surface area (Å²) in [7, 11) is 0. The zero-order chi connectivity index (χ0) is 10.3. The van der Waals surface area contributed by atoms with Crippen molar-refractivity contribution in [1.82, 2.24) is 0 Å². The summed E-state index contributed by atoms with van der Waals surface area (Å²) in [5.41, 5.74) is 2.22. The fraction of sp³-hybridized carbons (Fsp3) is 0.0769. The van der Waals surface area contributed by atoms with Crippen LogP contribution in [0, 0.1) is 0 Å². The molecule has 2 heteroatoms. The third-order valence-corrected chi connectivity index (χ3v) is 6.02. The molecular formula is C13H10OTe. The Hall–Kier alpha value is -0.810. The Morgan fingerprint density at radius 1 is 0.800 bits per heavy atom. The van der Waals surface area contributed by atoms with E-state index in [0.29, 0.717) is 0 Å². The molecule has 1 heterocycles. The van der Waals surface area contributed by atoms with Crippen molar-refractivity contribution in [3.05, 3.63) is 59.7 Å². The third kappa shape index (κ3) is 1.50. The number of fused-ring (bicyclic) bond motifs is 2. The average Bonchev–Trinajstić information content (AvgIpc) is 2.30. The van der Waals surface area contributed by atoms with E-state index < -0.39 is 6.10 Å². The Morgan fingerprint density at radius 2 is 1.27 bits per heavy atom. The van der Waals surface area contributed by atoms with Crippen molar-refractivity contribution in [2.24, 2.45) is 0 Å². The van der Waals surface area contributed by atoms with Crippen LogP contribution in [0.25, 0.3) is 0 Å². The molecule has 0 saturated carbocycles. The Labute approximate surface area is 98.8 Å². The molecule has 3 rings (SSSR count). The first-order valence-corrected chi connectivity index (χ1v) is 7.23. The Balaban J connectivity index is 2.20. The maximum atomic E-state index is 10.2. The molecule has 2 aromatic rings. The molecule has 0 atom stereocenters. The summed E-state index contributed by atoms with van der Waals surface area (Å²) in [5.74, 6) is 0. The predicted molar refractivity (Wildman–Crippen MR) is 62.0 cm³/mol. The number of aliphatic hydroxyl groups is 1. The molecule has 1 aliphatic heterocycles. The van der Waals surface area contributed by atoms with Crippen LogP contribution in [-0.4, -0.2) is 26.0 Å². The van der Waals surface area contributed by atoms with Gasteiger partial charge in [-0.1, -0.05) is 0 Å². The quantitative estimate of drug-likeness (QED) is 0.712. The van der Waals surface area contributed by atoms with Crippen molar-refractivity contribution in [2.45, 2.75) is 6.10 Å². The number of aliphatic hydroxyl groups excluding tert-OH is 1. The molecule has 0 spiro atoms. The van der Waals surface area contributed by atoms with Gasteiger partial charge in [-0.3, -0.25) is 0 Å². The van der Waals surface area contributed by atoms with Crippen molar-refractivity contribution >= 4 is 28.1 Å². The molecule has 0 amide bonds. The van der Waals surface area contributed by atoms with E-state index in [4.69, 9.17) is 0 Å². The van der Waals surface area contributed by atoms with Gasteiger partial charge in [0, 0.05) is 0 Å². The van der Waals surface area contributed by atoms with Crippen LogP contribution < -0.4 is 7.22 Å². The van der Waals surface area contributed by atoms with Crippen molar-refractivity contribution < 1.29 is 5.11 Å². The first-order valence-electron chi connectivity index (χ1n) is 4.90. The molecule has 15 heavy (non-hydrogen) atoms. The van der Waals surface area contributed by atoms with E-state index in [2.05, 4.69) is 24.3 Å². The van der Waals surface area contributed by atoms with Crippen LogP contribution in [0.1, 0.15) is 17.2 Å². The SMILES string of the molecule is OC1c2ccccc2[Te]c2ccccc21. The van der Waals surface area contributed by atoms with Gasteiger partial charge in [0.2, 0.25) is 0 Å². The second-order valence-corrected chi connectivity index (χ2v) is 6.67. The van der Waals surface area contributed by atoms with Crippen molar-refractivity contribution in [2.75, 3.05) is 0 Å². The third-order valence-electron chi connectivity index (χ3n) is 2.65. The van der Waals surface area contributed by atoms with Gasteiger partial charge in [0.25, 0.3) is 0 Å². The van der Waals surface area contributed by atoms with E-state index in [1.165, 1.54) is 7.22 Å². The molecule has 0 radical (unpaired) electrons. The summed E-state index contributed by atoms with van der Waals surface area (Å²) in [6.45, 7) is 0. The molecule has 0 fully saturated rings. The minimum atomic E-state index is -0.420. The van der Waals surface area contributed by atoms with Gasteiger partial charge in [-0.25, -0.2) is 0 Å². The number of hydrogen-bond donors (Lipinski definition) is 1.